The molecule has 0 bridgehead atoms. The number of imide groups is 1. The largest absolute Gasteiger partial charge is 0.444 e. The molecule has 1 unspecified atom stereocenters. The highest BCUT2D eigenvalue weighted by atomic mass is 19.3. The molecule has 0 radical (unpaired) electrons. The number of halogens is 2. The van der Waals surface area contributed by atoms with Crippen molar-refractivity contribution in [2.75, 3.05) is 55.3 Å². The first-order valence-corrected chi connectivity index (χ1v) is 21.8. The third-order valence-corrected chi connectivity index (χ3v) is 13.1. The fourth-order valence-corrected chi connectivity index (χ4v) is 9.48. The second-order valence-corrected chi connectivity index (χ2v) is 17.6. The van der Waals surface area contributed by atoms with E-state index in [2.05, 4.69) is 47.9 Å². The van der Waals surface area contributed by atoms with Gasteiger partial charge in [-0.15, -0.1) is 0 Å². The van der Waals surface area contributed by atoms with Crippen LogP contribution in [0.1, 0.15) is 98.9 Å². The number of carbonyl (C=O) groups excluding carboxylic acids is 3. The fraction of sp³-hybridized carbons (Fsp3) is 0.523. The van der Waals surface area contributed by atoms with Crippen LogP contribution >= 0.6 is 0 Å². The fourth-order valence-electron chi connectivity index (χ4n) is 9.48. The standard InChI is InChI=1S/C44H53F2N11O5/c1-53(23-28-14-17-55(18-15-28)31-9-10-34-36(20-31)54(2)44(61)57(34)35-11-12-38(58)51-42(35)60)22-27-5-7-30(8-6-27)56-24-32(39(52-56)40(45)46)49-41(59)33-25-62-43(50-33)29-13-16-47-37(19-29)48-21-26-3-4-26/h9-10,13,16,19-20,24-28,30,35,40H,3-8,11-12,14-15,17-18,21-23H2,1-2H3,(H,47,48)(H,49,59)(H,51,58,60)/t27-,30-,35?. The number of benzene rings is 1. The Morgan fingerprint density at radius 3 is 2.42 bits per heavy atom. The summed E-state index contributed by atoms with van der Waals surface area (Å²) in [4.78, 5) is 64.2. The Kier molecular flexibility index (Phi) is 11.7. The molecule has 6 heterocycles. The molecule has 1 atom stereocenters. The van der Waals surface area contributed by atoms with Gasteiger partial charge in [-0.1, -0.05) is 0 Å². The molecule has 2 aliphatic heterocycles. The number of oxazole rings is 1. The minimum absolute atomic E-state index is 0.0279. The number of aryl methyl sites for hydroxylation is 1. The van der Waals surface area contributed by atoms with Gasteiger partial charge < -0.3 is 24.9 Å². The number of hydrogen-bond acceptors (Lipinski definition) is 11. The molecule has 3 amide bonds. The number of alkyl halides is 2. The lowest BCUT2D eigenvalue weighted by Gasteiger charge is -2.37. The van der Waals surface area contributed by atoms with Crippen LogP contribution in [0.2, 0.25) is 0 Å². The average molecular weight is 854 g/mol. The second kappa shape index (κ2) is 17.5. The molecule has 4 fully saturated rings. The maximum atomic E-state index is 14.2. The van der Waals surface area contributed by atoms with E-state index in [4.69, 9.17) is 4.42 Å². The lowest BCUT2D eigenvalue weighted by Crippen LogP contribution is -2.44. The smallest absolute Gasteiger partial charge is 0.329 e. The molecular formula is C44H53F2N11O5. The van der Waals surface area contributed by atoms with Crippen LogP contribution in [-0.4, -0.2) is 91.3 Å². The van der Waals surface area contributed by atoms with Gasteiger partial charge in [-0.2, -0.15) is 5.10 Å². The number of amides is 3. The molecule has 0 spiro atoms. The molecule has 1 aromatic carbocycles. The first kappa shape index (κ1) is 41.4. The van der Waals surface area contributed by atoms with Crippen molar-refractivity contribution in [1.82, 2.24) is 39.1 Å². The Bertz CT molecular complexity index is 2510. The Balaban J connectivity index is 0.745. The van der Waals surface area contributed by atoms with E-state index in [1.54, 1.807) is 34.6 Å². The van der Waals surface area contributed by atoms with Gasteiger partial charge in [0.2, 0.25) is 17.7 Å². The van der Waals surface area contributed by atoms with Gasteiger partial charge in [-0.05, 0) is 113 Å². The Labute approximate surface area is 357 Å². The van der Waals surface area contributed by atoms with Crippen LogP contribution in [0.25, 0.3) is 22.5 Å². The van der Waals surface area contributed by atoms with Gasteiger partial charge in [0.05, 0.1) is 22.8 Å². The summed E-state index contributed by atoms with van der Waals surface area (Å²) in [6, 6.07) is 8.73. The number of anilines is 3. The van der Waals surface area contributed by atoms with Gasteiger partial charge >= 0.3 is 5.69 Å². The lowest BCUT2D eigenvalue weighted by atomic mass is 9.85. The Morgan fingerprint density at radius 2 is 1.69 bits per heavy atom. The summed E-state index contributed by atoms with van der Waals surface area (Å²) in [5.74, 6) is 1.21. The molecule has 4 aliphatic rings. The van der Waals surface area contributed by atoms with Gasteiger partial charge in [-0.25, -0.2) is 23.5 Å². The second-order valence-electron chi connectivity index (χ2n) is 17.6. The number of piperidine rings is 2. The number of imidazole rings is 1. The number of hydrogen-bond donors (Lipinski definition) is 3. The SMILES string of the molecule is CN(CC1CCN(c2ccc3c(c2)n(C)c(=O)n3C2CCC(=O)NC2=O)CC1)C[C@H]1CC[C@H](n2cc(NC(=O)c3coc(-c4ccnc(NCC5CC5)c4)n3)c(C(F)F)n2)CC1. The van der Waals surface area contributed by atoms with Crippen molar-refractivity contribution in [3.63, 3.8) is 0 Å². The Morgan fingerprint density at radius 1 is 0.952 bits per heavy atom. The van der Waals surface area contributed by atoms with Crippen LogP contribution in [0.15, 0.2) is 58.2 Å². The van der Waals surface area contributed by atoms with E-state index in [-0.39, 0.29) is 41.3 Å². The minimum atomic E-state index is -2.87. The van der Waals surface area contributed by atoms with E-state index in [0.29, 0.717) is 41.1 Å². The zero-order chi connectivity index (χ0) is 43.1. The number of pyridine rings is 1. The van der Waals surface area contributed by atoms with Gasteiger partial charge in [0.15, 0.2) is 11.4 Å². The molecule has 62 heavy (non-hydrogen) atoms. The lowest BCUT2D eigenvalue weighted by molar-refractivity contribution is -0.135. The first-order valence-electron chi connectivity index (χ1n) is 21.8. The van der Waals surface area contributed by atoms with E-state index in [0.717, 1.165) is 82.5 Å². The van der Waals surface area contributed by atoms with Crippen LogP contribution in [0, 0.1) is 17.8 Å². The first-order chi connectivity index (χ1) is 30.0. The highest BCUT2D eigenvalue weighted by molar-refractivity contribution is 6.03. The van der Waals surface area contributed by atoms with Gasteiger partial charge in [0.1, 0.15) is 18.1 Å². The zero-order valence-corrected chi connectivity index (χ0v) is 35.1. The van der Waals surface area contributed by atoms with Crippen LogP contribution in [-0.2, 0) is 16.6 Å². The third-order valence-electron chi connectivity index (χ3n) is 13.1. The molecule has 9 rings (SSSR count). The molecule has 2 saturated heterocycles. The van der Waals surface area contributed by atoms with E-state index in [1.165, 1.54) is 29.9 Å². The van der Waals surface area contributed by atoms with E-state index in [1.807, 2.05) is 18.2 Å². The molecular weight excluding hydrogens is 801 g/mol. The van der Waals surface area contributed by atoms with Crippen molar-refractivity contribution in [2.24, 2.45) is 24.8 Å². The van der Waals surface area contributed by atoms with Crippen molar-refractivity contribution < 1.29 is 27.6 Å². The number of aromatic nitrogens is 6. The van der Waals surface area contributed by atoms with Crippen molar-refractivity contribution in [3.8, 4) is 11.5 Å². The van der Waals surface area contributed by atoms with Gasteiger partial charge in [0, 0.05) is 69.8 Å². The molecule has 5 aromatic rings. The summed E-state index contributed by atoms with van der Waals surface area (Å²) in [6.07, 6.45) is 10.0. The van der Waals surface area contributed by atoms with Crippen molar-refractivity contribution in [1.29, 1.82) is 0 Å². The van der Waals surface area contributed by atoms with Crippen molar-refractivity contribution in [3.05, 3.63) is 70.9 Å². The predicted molar refractivity (Wildman–Crippen MR) is 228 cm³/mol. The topological polar surface area (TPSA) is 177 Å². The minimum Gasteiger partial charge on any atom is -0.444 e. The molecule has 4 aromatic heterocycles. The maximum absolute atomic E-state index is 14.2. The maximum Gasteiger partial charge on any atom is 0.329 e. The summed E-state index contributed by atoms with van der Waals surface area (Å²) in [5.41, 5.74) is 2.33. The van der Waals surface area contributed by atoms with E-state index in [9.17, 15) is 28.0 Å². The highest BCUT2D eigenvalue weighted by Crippen LogP contribution is 2.36. The van der Waals surface area contributed by atoms with E-state index < -0.39 is 30.0 Å². The monoisotopic (exact) mass is 853 g/mol. The van der Waals surface area contributed by atoms with Gasteiger partial charge in [-0.3, -0.25) is 33.5 Å². The number of carbonyl (C=O) groups is 3. The van der Waals surface area contributed by atoms with Gasteiger partial charge in [0.25, 0.3) is 12.3 Å². The number of nitrogens with one attached hydrogen (secondary N) is 3. The third kappa shape index (κ3) is 8.87. The van der Waals surface area contributed by atoms with Crippen molar-refractivity contribution >= 4 is 45.9 Å². The highest BCUT2D eigenvalue weighted by Gasteiger charge is 2.33. The average Bonchev–Trinajstić information content (AvgIpc) is 3.68. The molecule has 18 heteroatoms. The van der Waals surface area contributed by atoms with Crippen molar-refractivity contribution in [2.45, 2.75) is 82.7 Å². The quantitative estimate of drug-likeness (QED) is 0.109. The predicted octanol–water partition coefficient (Wildman–Crippen LogP) is 6.16. The number of fused-ring (bicyclic) bond motifs is 1. The van der Waals surface area contributed by atoms with Crippen LogP contribution < -0.4 is 26.5 Å². The summed E-state index contributed by atoms with van der Waals surface area (Å²) >= 11 is 0. The molecule has 3 N–H and O–H groups in total. The summed E-state index contributed by atoms with van der Waals surface area (Å²) in [6.45, 7) is 4.59. The molecule has 328 valence electrons. The molecule has 2 aliphatic carbocycles. The van der Waals surface area contributed by atoms with Crippen LogP contribution in [0.3, 0.4) is 0 Å². The summed E-state index contributed by atoms with van der Waals surface area (Å²) in [7, 11) is 3.89. The normalized spacial score (nSPS) is 21.3. The summed E-state index contributed by atoms with van der Waals surface area (Å²) in [5, 5.41) is 12.5. The number of nitrogens with zero attached hydrogens (tertiary/aromatic N) is 8. The van der Waals surface area contributed by atoms with E-state index >= 15 is 0 Å². The number of rotatable bonds is 14. The molecule has 16 nitrogen and oxygen atoms in total. The summed E-state index contributed by atoms with van der Waals surface area (Å²) < 4.78 is 38.7. The Hall–Kier alpha value is -5.91. The van der Waals surface area contributed by atoms with Crippen LogP contribution in [0.4, 0.5) is 26.0 Å². The van der Waals surface area contributed by atoms with Crippen LogP contribution in [0.5, 0.6) is 0 Å². The molecule has 2 saturated carbocycles. The zero-order valence-electron chi connectivity index (χ0n) is 35.1.